The van der Waals surface area contributed by atoms with E-state index in [2.05, 4.69) is 4.74 Å². The number of hydrogen-bond acceptors (Lipinski definition) is 5. The summed E-state index contributed by atoms with van der Waals surface area (Å²) in [6.07, 6.45) is 0.636. The van der Waals surface area contributed by atoms with Crippen LogP contribution in [0.15, 0.2) is 0 Å². The average Bonchev–Trinajstić information content (AvgIpc) is 2.80. The number of carbonyl (C=O) groups is 4. The summed E-state index contributed by atoms with van der Waals surface area (Å²) in [5.74, 6) is -2.00. The standard InChI is InChI=1S/C17H26N2O5/c1-17(2,3)19-10-11(9-14(19)21)15(22)18-7-5-12(16(23)24-4)13(20)6-8-18/h11-12H,5-10H2,1-4H3. The van der Waals surface area contributed by atoms with Crippen molar-refractivity contribution in [1.29, 1.82) is 0 Å². The number of carbonyl (C=O) groups excluding carboxylic acids is 4. The van der Waals surface area contributed by atoms with Crippen molar-refractivity contribution in [2.24, 2.45) is 11.8 Å². The maximum Gasteiger partial charge on any atom is 0.316 e. The second kappa shape index (κ2) is 6.91. The lowest BCUT2D eigenvalue weighted by molar-refractivity contribution is -0.149. The fourth-order valence-corrected chi connectivity index (χ4v) is 3.37. The molecule has 2 aliphatic heterocycles. The molecule has 0 bridgehead atoms. The molecule has 134 valence electrons. The Morgan fingerprint density at radius 1 is 1.17 bits per heavy atom. The predicted octanol–water partition coefficient (Wildman–Crippen LogP) is 0.614. The van der Waals surface area contributed by atoms with Crippen LogP contribution in [0.25, 0.3) is 0 Å². The van der Waals surface area contributed by atoms with E-state index in [0.29, 0.717) is 19.6 Å². The predicted molar refractivity (Wildman–Crippen MR) is 85.9 cm³/mol. The molecule has 0 aromatic carbocycles. The first kappa shape index (κ1) is 18.4. The number of ether oxygens (including phenoxy) is 1. The normalized spacial score (nSPS) is 25.7. The minimum atomic E-state index is -0.788. The summed E-state index contributed by atoms with van der Waals surface area (Å²) in [6.45, 7) is 6.89. The van der Waals surface area contributed by atoms with Crippen LogP contribution in [-0.4, -0.2) is 65.6 Å². The summed E-state index contributed by atoms with van der Waals surface area (Å²) in [6, 6.07) is 0. The first-order chi connectivity index (χ1) is 11.1. The average molecular weight is 338 g/mol. The molecule has 0 radical (unpaired) electrons. The number of methoxy groups -OCH3 is 1. The zero-order chi connectivity index (χ0) is 18.1. The van der Waals surface area contributed by atoms with Gasteiger partial charge in [0.05, 0.1) is 13.0 Å². The molecule has 2 amide bonds. The van der Waals surface area contributed by atoms with Crippen LogP contribution < -0.4 is 0 Å². The fraction of sp³-hybridized carbons (Fsp3) is 0.765. The van der Waals surface area contributed by atoms with E-state index in [1.807, 2.05) is 20.8 Å². The third kappa shape index (κ3) is 3.76. The van der Waals surface area contributed by atoms with Gasteiger partial charge in [-0.05, 0) is 27.2 Å². The molecule has 2 fully saturated rings. The molecule has 0 spiro atoms. The summed E-state index contributed by atoms with van der Waals surface area (Å²) in [5, 5.41) is 0. The molecule has 2 aliphatic rings. The van der Waals surface area contributed by atoms with Crippen LogP contribution in [0.4, 0.5) is 0 Å². The Bertz CT molecular complexity index is 552. The van der Waals surface area contributed by atoms with E-state index in [4.69, 9.17) is 0 Å². The van der Waals surface area contributed by atoms with Crippen LogP contribution in [0, 0.1) is 11.8 Å². The number of rotatable bonds is 2. The SMILES string of the molecule is COC(=O)C1CCN(C(=O)C2CC(=O)N(C(C)(C)C)C2)CCC1=O. The smallest absolute Gasteiger partial charge is 0.316 e. The van der Waals surface area contributed by atoms with E-state index >= 15 is 0 Å². The van der Waals surface area contributed by atoms with Gasteiger partial charge < -0.3 is 14.5 Å². The zero-order valence-corrected chi connectivity index (χ0v) is 14.8. The monoisotopic (exact) mass is 338 g/mol. The van der Waals surface area contributed by atoms with Crippen molar-refractivity contribution in [3.63, 3.8) is 0 Å². The minimum absolute atomic E-state index is 0.0146. The number of likely N-dealkylation sites (tertiary alicyclic amines) is 2. The second-order valence-corrected chi connectivity index (χ2v) is 7.48. The molecule has 2 rings (SSSR count). The molecule has 24 heavy (non-hydrogen) atoms. The van der Waals surface area contributed by atoms with E-state index in [9.17, 15) is 19.2 Å². The largest absolute Gasteiger partial charge is 0.468 e. The van der Waals surface area contributed by atoms with Gasteiger partial charge in [-0.3, -0.25) is 19.2 Å². The zero-order valence-electron chi connectivity index (χ0n) is 14.8. The molecule has 0 saturated carbocycles. The summed E-state index contributed by atoms with van der Waals surface area (Å²) >= 11 is 0. The van der Waals surface area contributed by atoms with E-state index in [1.165, 1.54) is 7.11 Å². The van der Waals surface area contributed by atoms with Gasteiger partial charge >= 0.3 is 5.97 Å². The minimum Gasteiger partial charge on any atom is -0.468 e. The molecule has 0 N–H and O–H groups in total. The highest BCUT2D eigenvalue weighted by molar-refractivity contribution is 5.99. The molecule has 0 aromatic rings. The van der Waals surface area contributed by atoms with Crippen LogP contribution in [0.2, 0.25) is 0 Å². The summed E-state index contributed by atoms with van der Waals surface area (Å²) in [4.78, 5) is 51.9. The number of hydrogen-bond donors (Lipinski definition) is 0. The van der Waals surface area contributed by atoms with Gasteiger partial charge in [0.1, 0.15) is 11.7 Å². The van der Waals surface area contributed by atoms with Crippen molar-refractivity contribution in [1.82, 2.24) is 9.80 Å². The second-order valence-electron chi connectivity index (χ2n) is 7.48. The summed E-state index contributed by atoms with van der Waals surface area (Å²) in [7, 11) is 1.26. The highest BCUT2D eigenvalue weighted by Crippen LogP contribution is 2.28. The van der Waals surface area contributed by atoms with Crippen LogP contribution in [-0.2, 0) is 23.9 Å². The van der Waals surface area contributed by atoms with Gasteiger partial charge in [0.15, 0.2) is 0 Å². The lowest BCUT2D eigenvalue weighted by Crippen LogP contribution is -2.44. The van der Waals surface area contributed by atoms with Crippen molar-refractivity contribution in [2.45, 2.75) is 45.6 Å². The maximum absolute atomic E-state index is 12.7. The molecule has 7 heteroatoms. The third-order valence-electron chi connectivity index (χ3n) is 4.79. The summed E-state index contributed by atoms with van der Waals surface area (Å²) in [5.41, 5.74) is -0.309. The summed E-state index contributed by atoms with van der Waals surface area (Å²) < 4.78 is 4.66. The third-order valence-corrected chi connectivity index (χ3v) is 4.79. The molecule has 0 aliphatic carbocycles. The Labute approximate surface area is 142 Å². The quantitative estimate of drug-likeness (QED) is 0.544. The van der Waals surface area contributed by atoms with Gasteiger partial charge in [0.2, 0.25) is 11.8 Å². The van der Waals surface area contributed by atoms with E-state index < -0.39 is 11.9 Å². The molecule has 2 heterocycles. The van der Waals surface area contributed by atoms with Crippen LogP contribution in [0.1, 0.15) is 40.0 Å². The molecular formula is C17H26N2O5. The van der Waals surface area contributed by atoms with E-state index in [1.54, 1.807) is 9.80 Å². The number of nitrogens with zero attached hydrogens (tertiary/aromatic N) is 2. The molecular weight excluding hydrogens is 312 g/mol. The Morgan fingerprint density at radius 3 is 2.38 bits per heavy atom. The molecule has 0 aromatic heterocycles. The van der Waals surface area contributed by atoms with Gasteiger partial charge in [0, 0.05) is 38.0 Å². The van der Waals surface area contributed by atoms with Crippen molar-refractivity contribution in [2.75, 3.05) is 26.7 Å². The number of ketones is 1. The van der Waals surface area contributed by atoms with Gasteiger partial charge in [0.25, 0.3) is 0 Å². The van der Waals surface area contributed by atoms with Gasteiger partial charge in [-0.2, -0.15) is 0 Å². The van der Waals surface area contributed by atoms with Crippen LogP contribution in [0.5, 0.6) is 0 Å². The van der Waals surface area contributed by atoms with Gasteiger partial charge in [-0.25, -0.2) is 0 Å². The number of Topliss-reactive ketones (excluding diaryl/α,β-unsaturated/α-hetero) is 1. The van der Waals surface area contributed by atoms with Crippen molar-refractivity contribution < 1.29 is 23.9 Å². The Morgan fingerprint density at radius 2 is 1.83 bits per heavy atom. The van der Waals surface area contributed by atoms with Crippen molar-refractivity contribution >= 4 is 23.6 Å². The lowest BCUT2D eigenvalue weighted by atomic mass is 10.00. The van der Waals surface area contributed by atoms with E-state index in [-0.39, 0.29) is 48.3 Å². The van der Waals surface area contributed by atoms with E-state index in [0.717, 1.165) is 0 Å². The van der Waals surface area contributed by atoms with Gasteiger partial charge in [-0.15, -0.1) is 0 Å². The van der Waals surface area contributed by atoms with Crippen LogP contribution in [0.3, 0.4) is 0 Å². The van der Waals surface area contributed by atoms with Crippen molar-refractivity contribution in [3.8, 4) is 0 Å². The molecule has 2 unspecified atom stereocenters. The first-order valence-corrected chi connectivity index (χ1v) is 8.35. The molecule has 7 nitrogen and oxygen atoms in total. The lowest BCUT2D eigenvalue weighted by Gasteiger charge is -2.32. The molecule has 2 atom stereocenters. The topological polar surface area (TPSA) is 84.0 Å². The maximum atomic E-state index is 12.7. The Balaban J connectivity index is 2.02. The van der Waals surface area contributed by atoms with Gasteiger partial charge in [-0.1, -0.05) is 0 Å². The number of esters is 1. The van der Waals surface area contributed by atoms with Crippen molar-refractivity contribution in [3.05, 3.63) is 0 Å². The highest BCUT2D eigenvalue weighted by atomic mass is 16.5. The Kier molecular flexibility index (Phi) is 5.30. The highest BCUT2D eigenvalue weighted by Gasteiger charge is 2.41. The Hall–Kier alpha value is -1.92. The van der Waals surface area contributed by atoms with Crippen LogP contribution >= 0.6 is 0 Å². The molecule has 2 saturated heterocycles. The first-order valence-electron chi connectivity index (χ1n) is 8.35. The number of amides is 2. The fourth-order valence-electron chi connectivity index (χ4n) is 3.37.